The van der Waals surface area contributed by atoms with E-state index in [1.165, 1.54) is 6.92 Å². The standard InChI is InChI=1S/C14H22O5/c1-3-4-5-6-9-10(7-8-11(9)15)14(2,12(16)17)13(18)19/h9-10H,3-8H2,1-2H3,(H,16,17)(H,18,19). The first kappa shape index (κ1) is 15.7. The zero-order chi connectivity index (χ0) is 14.6. The van der Waals surface area contributed by atoms with Gasteiger partial charge in [-0.2, -0.15) is 0 Å². The molecular formula is C14H22O5. The van der Waals surface area contributed by atoms with Crippen LogP contribution in [0, 0.1) is 17.3 Å². The van der Waals surface area contributed by atoms with E-state index in [0.29, 0.717) is 19.3 Å². The number of unbranched alkanes of at least 4 members (excludes halogenated alkanes) is 2. The van der Waals surface area contributed by atoms with Gasteiger partial charge in [-0.1, -0.05) is 26.2 Å². The van der Waals surface area contributed by atoms with E-state index in [1.54, 1.807) is 0 Å². The summed E-state index contributed by atoms with van der Waals surface area (Å²) >= 11 is 0. The lowest BCUT2D eigenvalue weighted by Crippen LogP contribution is -2.45. The summed E-state index contributed by atoms with van der Waals surface area (Å²) in [4.78, 5) is 34.6. The number of hydrogen-bond acceptors (Lipinski definition) is 3. The van der Waals surface area contributed by atoms with Gasteiger partial charge in [0.1, 0.15) is 5.78 Å². The molecule has 0 heterocycles. The number of aliphatic carboxylic acids is 2. The molecule has 0 bridgehead atoms. The average molecular weight is 270 g/mol. The molecule has 0 aromatic rings. The average Bonchev–Trinajstić information content (AvgIpc) is 2.70. The molecular weight excluding hydrogens is 248 g/mol. The van der Waals surface area contributed by atoms with Crippen LogP contribution >= 0.6 is 0 Å². The maximum atomic E-state index is 11.9. The van der Waals surface area contributed by atoms with Crippen LogP contribution in [0.25, 0.3) is 0 Å². The van der Waals surface area contributed by atoms with E-state index in [-0.39, 0.29) is 5.78 Å². The molecule has 0 saturated heterocycles. The quantitative estimate of drug-likeness (QED) is 0.547. The van der Waals surface area contributed by atoms with Gasteiger partial charge in [0.25, 0.3) is 0 Å². The molecule has 5 heteroatoms. The molecule has 19 heavy (non-hydrogen) atoms. The largest absolute Gasteiger partial charge is 0.480 e. The summed E-state index contributed by atoms with van der Waals surface area (Å²) in [7, 11) is 0. The van der Waals surface area contributed by atoms with E-state index >= 15 is 0 Å². The molecule has 1 aliphatic rings. The van der Waals surface area contributed by atoms with Crippen LogP contribution < -0.4 is 0 Å². The highest BCUT2D eigenvalue weighted by molar-refractivity contribution is 5.99. The summed E-state index contributed by atoms with van der Waals surface area (Å²) in [5.74, 6) is -3.68. The first-order valence-corrected chi connectivity index (χ1v) is 6.85. The van der Waals surface area contributed by atoms with Crippen LogP contribution in [-0.4, -0.2) is 27.9 Å². The number of carbonyl (C=O) groups is 3. The summed E-state index contributed by atoms with van der Waals surface area (Å²) in [5, 5.41) is 18.5. The second-order valence-corrected chi connectivity index (χ2v) is 5.53. The lowest BCUT2D eigenvalue weighted by Gasteiger charge is -2.30. The van der Waals surface area contributed by atoms with Crippen molar-refractivity contribution < 1.29 is 24.6 Å². The molecule has 0 aromatic heterocycles. The minimum absolute atomic E-state index is 0.0230. The second kappa shape index (κ2) is 6.17. The van der Waals surface area contributed by atoms with Crippen molar-refractivity contribution in [3.63, 3.8) is 0 Å². The Labute approximate surface area is 113 Å². The Morgan fingerprint density at radius 2 is 1.84 bits per heavy atom. The van der Waals surface area contributed by atoms with Gasteiger partial charge in [-0.3, -0.25) is 14.4 Å². The molecule has 1 aliphatic carbocycles. The molecule has 1 rings (SSSR count). The van der Waals surface area contributed by atoms with Crippen LogP contribution in [-0.2, 0) is 14.4 Å². The smallest absolute Gasteiger partial charge is 0.321 e. The molecule has 2 N–H and O–H groups in total. The molecule has 0 radical (unpaired) electrons. The van der Waals surface area contributed by atoms with E-state index in [4.69, 9.17) is 0 Å². The summed E-state index contributed by atoms with van der Waals surface area (Å²) in [6.07, 6.45) is 4.11. The lowest BCUT2D eigenvalue weighted by atomic mass is 9.70. The van der Waals surface area contributed by atoms with Crippen molar-refractivity contribution in [2.75, 3.05) is 0 Å². The van der Waals surface area contributed by atoms with Crippen LogP contribution in [0.15, 0.2) is 0 Å². The van der Waals surface area contributed by atoms with Crippen LogP contribution in [0.1, 0.15) is 52.4 Å². The summed E-state index contributed by atoms with van der Waals surface area (Å²) < 4.78 is 0. The predicted molar refractivity (Wildman–Crippen MR) is 68.7 cm³/mol. The summed E-state index contributed by atoms with van der Waals surface area (Å²) in [6, 6.07) is 0. The first-order valence-electron chi connectivity index (χ1n) is 6.85. The Morgan fingerprint density at radius 3 is 2.32 bits per heavy atom. The van der Waals surface area contributed by atoms with Gasteiger partial charge in [0.05, 0.1) is 0 Å². The number of carboxylic acid groups (broad SMARTS) is 2. The number of ketones is 1. The van der Waals surface area contributed by atoms with Crippen LogP contribution in [0.3, 0.4) is 0 Å². The van der Waals surface area contributed by atoms with E-state index in [1.807, 2.05) is 6.92 Å². The molecule has 108 valence electrons. The minimum atomic E-state index is -1.86. The van der Waals surface area contributed by atoms with Gasteiger partial charge in [-0.05, 0) is 25.7 Å². The molecule has 0 spiro atoms. The van der Waals surface area contributed by atoms with Gasteiger partial charge in [0.2, 0.25) is 0 Å². The zero-order valence-electron chi connectivity index (χ0n) is 11.5. The highest BCUT2D eigenvalue weighted by atomic mass is 16.4. The fraction of sp³-hybridized carbons (Fsp3) is 0.786. The number of carbonyl (C=O) groups excluding carboxylic acids is 1. The highest BCUT2D eigenvalue weighted by Crippen LogP contribution is 2.44. The Kier molecular flexibility index (Phi) is 5.09. The molecule has 0 aliphatic heterocycles. The first-order chi connectivity index (χ1) is 8.85. The third-order valence-corrected chi connectivity index (χ3v) is 4.35. The summed E-state index contributed by atoms with van der Waals surface area (Å²) in [6.45, 7) is 3.28. The van der Waals surface area contributed by atoms with Crippen molar-refractivity contribution in [1.82, 2.24) is 0 Å². The van der Waals surface area contributed by atoms with Crippen molar-refractivity contribution in [2.45, 2.75) is 52.4 Å². The molecule has 5 nitrogen and oxygen atoms in total. The number of carboxylic acids is 2. The van der Waals surface area contributed by atoms with E-state index in [2.05, 4.69) is 0 Å². The predicted octanol–water partition coefficient (Wildman–Crippen LogP) is 2.34. The van der Waals surface area contributed by atoms with Gasteiger partial charge in [0, 0.05) is 12.3 Å². The van der Waals surface area contributed by atoms with Gasteiger partial charge in [0.15, 0.2) is 5.41 Å². The third kappa shape index (κ3) is 2.96. The molecule has 2 unspecified atom stereocenters. The number of rotatable bonds is 7. The Hall–Kier alpha value is -1.39. The SMILES string of the molecule is CCCCCC1C(=O)CCC1C(C)(C(=O)O)C(=O)O. The van der Waals surface area contributed by atoms with Crippen molar-refractivity contribution in [3.05, 3.63) is 0 Å². The van der Waals surface area contributed by atoms with Crippen molar-refractivity contribution in [1.29, 1.82) is 0 Å². The molecule has 2 atom stereocenters. The third-order valence-electron chi connectivity index (χ3n) is 4.35. The van der Waals surface area contributed by atoms with E-state index in [0.717, 1.165) is 19.3 Å². The lowest BCUT2D eigenvalue weighted by molar-refractivity contribution is -0.169. The maximum absolute atomic E-state index is 11.9. The fourth-order valence-corrected chi connectivity index (χ4v) is 2.98. The van der Waals surface area contributed by atoms with Crippen molar-refractivity contribution in [2.24, 2.45) is 17.3 Å². The second-order valence-electron chi connectivity index (χ2n) is 5.53. The molecule has 0 amide bonds. The van der Waals surface area contributed by atoms with Crippen LogP contribution in [0.5, 0.6) is 0 Å². The zero-order valence-corrected chi connectivity index (χ0v) is 11.5. The fourth-order valence-electron chi connectivity index (χ4n) is 2.98. The van der Waals surface area contributed by atoms with Gasteiger partial charge >= 0.3 is 11.9 Å². The normalized spacial score (nSPS) is 23.6. The molecule has 1 saturated carbocycles. The summed E-state index contributed by atoms with van der Waals surface area (Å²) in [5.41, 5.74) is -1.86. The van der Waals surface area contributed by atoms with E-state index in [9.17, 15) is 24.6 Å². The monoisotopic (exact) mass is 270 g/mol. The Bertz CT molecular complexity index is 360. The van der Waals surface area contributed by atoms with Crippen LogP contribution in [0.2, 0.25) is 0 Å². The van der Waals surface area contributed by atoms with Crippen LogP contribution in [0.4, 0.5) is 0 Å². The van der Waals surface area contributed by atoms with Gasteiger partial charge in [-0.25, -0.2) is 0 Å². The van der Waals surface area contributed by atoms with Gasteiger partial charge < -0.3 is 10.2 Å². The molecule has 1 fully saturated rings. The van der Waals surface area contributed by atoms with Crippen molar-refractivity contribution >= 4 is 17.7 Å². The highest BCUT2D eigenvalue weighted by Gasteiger charge is 2.54. The minimum Gasteiger partial charge on any atom is -0.480 e. The molecule has 0 aromatic carbocycles. The topological polar surface area (TPSA) is 91.7 Å². The number of hydrogen-bond donors (Lipinski definition) is 2. The van der Waals surface area contributed by atoms with Gasteiger partial charge in [-0.15, -0.1) is 0 Å². The maximum Gasteiger partial charge on any atom is 0.321 e. The number of Topliss-reactive ketones (excluding diaryl/α,β-unsaturated/α-hetero) is 1. The Balaban J connectivity index is 2.92. The Morgan fingerprint density at radius 1 is 1.26 bits per heavy atom. The van der Waals surface area contributed by atoms with E-state index < -0.39 is 29.2 Å². The van der Waals surface area contributed by atoms with Crippen molar-refractivity contribution in [3.8, 4) is 0 Å².